The van der Waals surface area contributed by atoms with Gasteiger partial charge in [-0.2, -0.15) is 0 Å². The van der Waals surface area contributed by atoms with E-state index in [4.69, 9.17) is 14.0 Å². The number of halogens is 1. The van der Waals surface area contributed by atoms with Crippen LogP contribution in [0, 0.1) is 5.82 Å². The number of carbonyl (C=O) groups is 1. The summed E-state index contributed by atoms with van der Waals surface area (Å²) in [5.41, 5.74) is -0.944. The van der Waals surface area contributed by atoms with Gasteiger partial charge in [0.1, 0.15) is 0 Å². The Hall–Kier alpha value is -1.60. The van der Waals surface area contributed by atoms with Crippen molar-refractivity contribution in [2.75, 3.05) is 14.2 Å². The summed E-state index contributed by atoms with van der Waals surface area (Å²) < 4.78 is 35.9. The standard InChI is InChI=1S/C15H20BFO5/c1-14(2)15(3,4)22-16(21-14)10-7-9(13(18)20-6)8-11(19-5)12(10)17/h7-8H,1-6H3. The fourth-order valence-electron chi connectivity index (χ4n) is 2.15. The van der Waals surface area contributed by atoms with Crippen LogP contribution < -0.4 is 10.2 Å². The maximum absolute atomic E-state index is 14.5. The number of carbonyl (C=O) groups excluding carboxylic acids is 1. The molecule has 2 rings (SSSR count). The van der Waals surface area contributed by atoms with Gasteiger partial charge >= 0.3 is 13.1 Å². The van der Waals surface area contributed by atoms with E-state index >= 15 is 0 Å². The highest BCUT2D eigenvalue weighted by molar-refractivity contribution is 6.62. The normalized spacial score (nSPS) is 19.1. The Morgan fingerprint density at radius 2 is 1.68 bits per heavy atom. The van der Waals surface area contributed by atoms with E-state index < -0.39 is 30.1 Å². The zero-order chi connectivity index (χ0) is 16.7. The minimum atomic E-state index is -0.927. The van der Waals surface area contributed by atoms with Gasteiger partial charge < -0.3 is 18.8 Å². The molecule has 7 heteroatoms. The van der Waals surface area contributed by atoms with Crippen molar-refractivity contribution in [2.24, 2.45) is 0 Å². The van der Waals surface area contributed by atoms with Crippen LogP contribution in [0.1, 0.15) is 38.1 Å². The van der Waals surface area contributed by atoms with E-state index in [0.717, 1.165) is 0 Å². The first kappa shape index (κ1) is 16.8. The van der Waals surface area contributed by atoms with E-state index in [0.29, 0.717) is 0 Å². The van der Waals surface area contributed by atoms with Crippen molar-refractivity contribution in [3.8, 4) is 5.75 Å². The second kappa shape index (κ2) is 5.55. The molecule has 0 radical (unpaired) electrons. The summed E-state index contributed by atoms with van der Waals surface area (Å²) in [6.45, 7) is 7.47. The van der Waals surface area contributed by atoms with Crippen molar-refractivity contribution in [2.45, 2.75) is 38.9 Å². The molecule has 0 aliphatic carbocycles. The highest BCUT2D eigenvalue weighted by Crippen LogP contribution is 2.37. The molecule has 1 fully saturated rings. The molecule has 1 aliphatic rings. The Balaban J connectivity index is 2.49. The zero-order valence-electron chi connectivity index (χ0n) is 13.7. The molecule has 1 aliphatic heterocycles. The number of rotatable bonds is 3. The number of hydrogen-bond donors (Lipinski definition) is 0. The highest BCUT2D eigenvalue weighted by atomic mass is 19.1. The molecule has 0 saturated carbocycles. The number of esters is 1. The SMILES string of the molecule is COC(=O)c1cc(OC)c(F)c(B2OC(C)(C)C(C)(C)O2)c1. The lowest BCUT2D eigenvalue weighted by molar-refractivity contribution is 0.00578. The van der Waals surface area contributed by atoms with Crippen molar-refractivity contribution in [1.29, 1.82) is 0 Å². The molecule has 1 aromatic rings. The first-order valence-corrected chi connectivity index (χ1v) is 6.94. The Kier molecular flexibility index (Phi) is 4.23. The average Bonchev–Trinajstić information content (AvgIpc) is 2.66. The fourth-order valence-corrected chi connectivity index (χ4v) is 2.15. The first-order valence-electron chi connectivity index (χ1n) is 6.94. The van der Waals surface area contributed by atoms with Gasteiger partial charge in [-0.05, 0) is 39.8 Å². The molecule has 0 amide bonds. The monoisotopic (exact) mass is 310 g/mol. The number of benzene rings is 1. The summed E-state index contributed by atoms with van der Waals surface area (Å²) in [5, 5.41) is 0. The maximum atomic E-state index is 14.5. The minimum Gasteiger partial charge on any atom is -0.494 e. The smallest absolute Gasteiger partial charge is 0.494 e. The van der Waals surface area contributed by atoms with Gasteiger partial charge in [0, 0.05) is 5.46 Å². The van der Waals surface area contributed by atoms with Gasteiger partial charge in [-0.15, -0.1) is 0 Å². The van der Waals surface area contributed by atoms with Crippen molar-refractivity contribution >= 4 is 18.6 Å². The third-order valence-electron chi connectivity index (χ3n) is 4.22. The Labute approximate surface area is 129 Å². The van der Waals surface area contributed by atoms with E-state index in [-0.39, 0.29) is 16.8 Å². The van der Waals surface area contributed by atoms with E-state index in [2.05, 4.69) is 4.74 Å². The summed E-state index contributed by atoms with van der Waals surface area (Å²) in [4.78, 5) is 11.7. The molecule has 5 nitrogen and oxygen atoms in total. The molecule has 22 heavy (non-hydrogen) atoms. The van der Waals surface area contributed by atoms with Gasteiger partial charge in [0.15, 0.2) is 11.6 Å². The quantitative estimate of drug-likeness (QED) is 0.631. The Morgan fingerprint density at radius 1 is 1.14 bits per heavy atom. The Morgan fingerprint density at radius 3 is 2.14 bits per heavy atom. The van der Waals surface area contributed by atoms with Gasteiger partial charge in [0.25, 0.3) is 0 Å². The average molecular weight is 310 g/mol. The third-order valence-corrected chi connectivity index (χ3v) is 4.22. The van der Waals surface area contributed by atoms with Crippen LogP contribution in [-0.4, -0.2) is 38.5 Å². The molecule has 0 spiro atoms. The topological polar surface area (TPSA) is 54.0 Å². The van der Waals surface area contributed by atoms with Gasteiger partial charge in [-0.1, -0.05) is 0 Å². The molecule has 0 N–H and O–H groups in total. The van der Waals surface area contributed by atoms with Crippen LogP contribution in [0.15, 0.2) is 12.1 Å². The third kappa shape index (κ3) is 2.70. The predicted molar refractivity (Wildman–Crippen MR) is 80.0 cm³/mol. The van der Waals surface area contributed by atoms with Crippen LogP contribution in [0.5, 0.6) is 5.75 Å². The summed E-state index contributed by atoms with van der Waals surface area (Å²) in [6.07, 6.45) is 0. The van der Waals surface area contributed by atoms with Gasteiger partial charge in [-0.25, -0.2) is 9.18 Å². The first-order chi connectivity index (χ1) is 10.1. The number of hydrogen-bond acceptors (Lipinski definition) is 5. The maximum Gasteiger partial charge on any atom is 0.498 e. The molecule has 0 bridgehead atoms. The van der Waals surface area contributed by atoms with Gasteiger partial charge in [-0.3, -0.25) is 0 Å². The molecule has 0 unspecified atom stereocenters. The fraction of sp³-hybridized carbons (Fsp3) is 0.533. The largest absolute Gasteiger partial charge is 0.498 e. The van der Waals surface area contributed by atoms with Crippen LogP contribution in [0.2, 0.25) is 0 Å². The molecule has 1 saturated heterocycles. The lowest BCUT2D eigenvalue weighted by atomic mass is 9.77. The van der Waals surface area contributed by atoms with E-state index in [9.17, 15) is 9.18 Å². The van der Waals surface area contributed by atoms with E-state index in [1.165, 1.54) is 26.4 Å². The molecule has 0 atom stereocenters. The summed E-state index contributed by atoms with van der Waals surface area (Å²) >= 11 is 0. The van der Waals surface area contributed by atoms with Crippen molar-refractivity contribution in [3.63, 3.8) is 0 Å². The van der Waals surface area contributed by atoms with Gasteiger partial charge in [0.05, 0.1) is 31.0 Å². The second-order valence-electron chi connectivity index (χ2n) is 6.16. The number of methoxy groups -OCH3 is 2. The highest BCUT2D eigenvalue weighted by Gasteiger charge is 2.52. The molecule has 120 valence electrons. The zero-order valence-corrected chi connectivity index (χ0v) is 13.7. The lowest BCUT2D eigenvalue weighted by Crippen LogP contribution is -2.41. The molecule has 1 aromatic carbocycles. The van der Waals surface area contributed by atoms with Crippen LogP contribution in [0.25, 0.3) is 0 Å². The van der Waals surface area contributed by atoms with Crippen molar-refractivity contribution in [1.82, 2.24) is 0 Å². The summed E-state index contributed by atoms with van der Waals surface area (Å²) in [5.74, 6) is -1.27. The van der Waals surface area contributed by atoms with E-state index in [1.54, 1.807) is 0 Å². The molecule has 0 aromatic heterocycles. The minimum absolute atomic E-state index is 0.0624. The summed E-state index contributed by atoms with van der Waals surface area (Å²) in [7, 11) is 1.66. The van der Waals surface area contributed by atoms with Crippen LogP contribution in [0.4, 0.5) is 4.39 Å². The molecule has 1 heterocycles. The van der Waals surface area contributed by atoms with Crippen molar-refractivity contribution < 1.29 is 28.0 Å². The van der Waals surface area contributed by atoms with Crippen LogP contribution in [0.3, 0.4) is 0 Å². The molecular weight excluding hydrogens is 290 g/mol. The van der Waals surface area contributed by atoms with E-state index in [1.807, 2.05) is 27.7 Å². The number of ether oxygens (including phenoxy) is 2. The lowest BCUT2D eigenvalue weighted by Gasteiger charge is -2.32. The predicted octanol–water partition coefficient (Wildman–Crippen LogP) is 1.92. The summed E-state index contributed by atoms with van der Waals surface area (Å²) in [6, 6.07) is 2.65. The van der Waals surface area contributed by atoms with Gasteiger partial charge in [0.2, 0.25) is 0 Å². The van der Waals surface area contributed by atoms with Crippen molar-refractivity contribution in [3.05, 3.63) is 23.5 Å². The van der Waals surface area contributed by atoms with Crippen LogP contribution in [-0.2, 0) is 14.0 Å². The Bertz CT molecular complexity index is 584. The molecular formula is C15H20BFO5. The second-order valence-corrected chi connectivity index (χ2v) is 6.16. The van der Waals surface area contributed by atoms with Crippen LogP contribution >= 0.6 is 0 Å².